The lowest BCUT2D eigenvalue weighted by Gasteiger charge is -2.12. The number of aryl methyl sites for hydroxylation is 1. The lowest BCUT2D eigenvalue weighted by atomic mass is 10.0. The van der Waals surface area contributed by atoms with Gasteiger partial charge in [0.05, 0.1) is 6.54 Å². The SMILES string of the molecule is Cc1cc(C(F)(F)F)nn1CCNC(=O)CCC(N)c1ccccc1. The smallest absolute Gasteiger partial charge is 0.354 e. The fraction of sp³-hybridized carbons (Fsp3) is 0.412. The first-order valence-electron chi connectivity index (χ1n) is 7.96. The monoisotopic (exact) mass is 354 g/mol. The van der Waals surface area contributed by atoms with Crippen LogP contribution >= 0.6 is 0 Å². The van der Waals surface area contributed by atoms with Crippen molar-refractivity contribution in [2.24, 2.45) is 5.73 Å². The number of rotatable bonds is 7. The Morgan fingerprint density at radius 2 is 2.00 bits per heavy atom. The van der Waals surface area contributed by atoms with Gasteiger partial charge in [0.15, 0.2) is 5.69 Å². The van der Waals surface area contributed by atoms with Gasteiger partial charge in [0.25, 0.3) is 0 Å². The van der Waals surface area contributed by atoms with E-state index in [0.717, 1.165) is 11.6 Å². The molecule has 8 heteroatoms. The number of nitrogens with one attached hydrogen (secondary N) is 1. The molecule has 5 nitrogen and oxygen atoms in total. The fourth-order valence-electron chi connectivity index (χ4n) is 2.42. The molecule has 0 spiro atoms. The normalized spacial score (nSPS) is 12.8. The summed E-state index contributed by atoms with van der Waals surface area (Å²) in [5.74, 6) is -0.188. The standard InChI is InChI=1S/C17H21F3N4O/c1-12-11-15(17(18,19)20)23-24(12)10-9-22-16(25)8-7-14(21)13-5-3-2-4-6-13/h2-6,11,14H,7-10,21H2,1H3,(H,22,25). The minimum atomic E-state index is -4.47. The number of alkyl halides is 3. The summed E-state index contributed by atoms with van der Waals surface area (Å²) in [6.45, 7) is 1.93. The number of halogens is 3. The van der Waals surface area contributed by atoms with E-state index >= 15 is 0 Å². The molecule has 2 aromatic rings. The second kappa shape index (κ2) is 8.15. The van der Waals surface area contributed by atoms with Crippen molar-refractivity contribution in [2.75, 3.05) is 6.54 Å². The Kier molecular flexibility index (Phi) is 6.19. The molecule has 0 aliphatic carbocycles. The minimum absolute atomic E-state index is 0.179. The highest BCUT2D eigenvalue weighted by atomic mass is 19.4. The topological polar surface area (TPSA) is 72.9 Å². The summed E-state index contributed by atoms with van der Waals surface area (Å²) in [5.41, 5.74) is 6.46. The Hall–Kier alpha value is -2.35. The van der Waals surface area contributed by atoms with E-state index in [4.69, 9.17) is 5.73 Å². The maximum atomic E-state index is 12.6. The number of carbonyl (C=O) groups is 1. The second-order valence-corrected chi connectivity index (χ2v) is 5.80. The van der Waals surface area contributed by atoms with Gasteiger partial charge in [0.2, 0.25) is 5.91 Å². The van der Waals surface area contributed by atoms with Crippen LogP contribution in [0.5, 0.6) is 0 Å². The molecular formula is C17H21F3N4O. The average Bonchev–Trinajstić information content (AvgIpc) is 2.95. The van der Waals surface area contributed by atoms with Crippen LogP contribution in [0.4, 0.5) is 13.2 Å². The Bertz CT molecular complexity index is 698. The highest BCUT2D eigenvalue weighted by Gasteiger charge is 2.34. The molecule has 1 aromatic heterocycles. The number of carbonyl (C=O) groups excluding carboxylic acids is 1. The molecule has 0 saturated carbocycles. The largest absolute Gasteiger partial charge is 0.435 e. The van der Waals surface area contributed by atoms with E-state index in [1.165, 1.54) is 4.68 Å². The van der Waals surface area contributed by atoms with Gasteiger partial charge in [-0.05, 0) is 25.0 Å². The Labute approximate surface area is 144 Å². The zero-order valence-electron chi connectivity index (χ0n) is 13.9. The first kappa shape index (κ1) is 19.0. The van der Waals surface area contributed by atoms with E-state index in [2.05, 4.69) is 10.4 Å². The van der Waals surface area contributed by atoms with E-state index in [-0.39, 0.29) is 31.5 Å². The van der Waals surface area contributed by atoms with Crippen molar-refractivity contribution in [2.45, 2.75) is 38.5 Å². The zero-order valence-corrected chi connectivity index (χ0v) is 13.9. The van der Waals surface area contributed by atoms with Crippen LogP contribution in [-0.2, 0) is 17.5 Å². The van der Waals surface area contributed by atoms with Crippen LogP contribution in [0.1, 0.15) is 35.8 Å². The van der Waals surface area contributed by atoms with Crippen LogP contribution in [0.25, 0.3) is 0 Å². The van der Waals surface area contributed by atoms with Crippen molar-refractivity contribution in [3.8, 4) is 0 Å². The van der Waals surface area contributed by atoms with Gasteiger partial charge in [0, 0.05) is 24.7 Å². The fourth-order valence-corrected chi connectivity index (χ4v) is 2.42. The van der Waals surface area contributed by atoms with Crippen LogP contribution in [0.15, 0.2) is 36.4 Å². The number of hydrogen-bond donors (Lipinski definition) is 2. The minimum Gasteiger partial charge on any atom is -0.354 e. The molecule has 1 unspecified atom stereocenters. The Morgan fingerprint density at radius 3 is 2.60 bits per heavy atom. The first-order valence-corrected chi connectivity index (χ1v) is 7.96. The number of amides is 1. The molecule has 0 bridgehead atoms. The molecule has 1 amide bonds. The lowest BCUT2D eigenvalue weighted by Crippen LogP contribution is -2.28. The molecule has 1 heterocycles. The van der Waals surface area contributed by atoms with E-state index in [1.807, 2.05) is 30.3 Å². The van der Waals surface area contributed by atoms with Crippen molar-refractivity contribution in [1.29, 1.82) is 0 Å². The molecule has 0 saturated heterocycles. The molecule has 0 radical (unpaired) electrons. The molecule has 0 aliphatic rings. The highest BCUT2D eigenvalue weighted by Crippen LogP contribution is 2.28. The van der Waals surface area contributed by atoms with Gasteiger partial charge >= 0.3 is 6.18 Å². The number of aromatic nitrogens is 2. The molecule has 2 rings (SSSR count). The Morgan fingerprint density at radius 1 is 1.32 bits per heavy atom. The predicted octanol–water partition coefficient (Wildman–Crippen LogP) is 2.81. The summed E-state index contributed by atoms with van der Waals surface area (Å²) in [4.78, 5) is 11.8. The molecular weight excluding hydrogens is 333 g/mol. The first-order chi connectivity index (χ1) is 11.8. The average molecular weight is 354 g/mol. The molecule has 0 aliphatic heterocycles. The van der Waals surface area contributed by atoms with Crippen LogP contribution in [0.2, 0.25) is 0 Å². The second-order valence-electron chi connectivity index (χ2n) is 5.80. The zero-order chi connectivity index (χ0) is 18.4. The van der Waals surface area contributed by atoms with Gasteiger partial charge in [-0.25, -0.2) is 0 Å². The van der Waals surface area contributed by atoms with Crippen molar-refractivity contribution in [1.82, 2.24) is 15.1 Å². The maximum absolute atomic E-state index is 12.6. The van der Waals surface area contributed by atoms with Gasteiger partial charge in [-0.1, -0.05) is 30.3 Å². The van der Waals surface area contributed by atoms with E-state index in [0.29, 0.717) is 12.1 Å². The van der Waals surface area contributed by atoms with Gasteiger partial charge in [-0.3, -0.25) is 9.48 Å². The highest BCUT2D eigenvalue weighted by molar-refractivity contribution is 5.75. The van der Waals surface area contributed by atoms with Crippen LogP contribution in [0.3, 0.4) is 0 Å². The number of nitrogens with zero attached hydrogens (tertiary/aromatic N) is 2. The van der Waals surface area contributed by atoms with E-state index < -0.39 is 11.9 Å². The Balaban J connectivity index is 1.75. The van der Waals surface area contributed by atoms with E-state index in [1.54, 1.807) is 6.92 Å². The molecule has 1 aromatic carbocycles. The number of nitrogens with two attached hydrogens (primary N) is 1. The third-order valence-corrected chi connectivity index (χ3v) is 3.83. The van der Waals surface area contributed by atoms with Crippen LogP contribution < -0.4 is 11.1 Å². The molecule has 0 fully saturated rings. The molecule has 25 heavy (non-hydrogen) atoms. The summed E-state index contributed by atoms with van der Waals surface area (Å²) in [6, 6.07) is 10.2. The summed E-state index contributed by atoms with van der Waals surface area (Å²) in [7, 11) is 0. The predicted molar refractivity (Wildman–Crippen MR) is 87.6 cm³/mol. The van der Waals surface area contributed by atoms with Crippen molar-refractivity contribution in [3.05, 3.63) is 53.3 Å². The summed E-state index contributed by atoms with van der Waals surface area (Å²) < 4.78 is 39.0. The quantitative estimate of drug-likeness (QED) is 0.803. The van der Waals surface area contributed by atoms with Gasteiger partial charge < -0.3 is 11.1 Å². The number of benzene rings is 1. The third kappa shape index (κ3) is 5.60. The van der Waals surface area contributed by atoms with Crippen molar-refractivity contribution >= 4 is 5.91 Å². The summed E-state index contributed by atoms with van der Waals surface area (Å²) in [5, 5.41) is 6.19. The molecule has 3 N–H and O–H groups in total. The summed E-state index contributed by atoms with van der Waals surface area (Å²) >= 11 is 0. The van der Waals surface area contributed by atoms with Crippen LogP contribution in [0, 0.1) is 6.92 Å². The van der Waals surface area contributed by atoms with E-state index in [9.17, 15) is 18.0 Å². The van der Waals surface area contributed by atoms with Gasteiger partial charge in [-0.15, -0.1) is 0 Å². The van der Waals surface area contributed by atoms with Gasteiger partial charge in [0.1, 0.15) is 0 Å². The maximum Gasteiger partial charge on any atom is 0.435 e. The molecule has 1 atom stereocenters. The molecule has 136 valence electrons. The third-order valence-electron chi connectivity index (χ3n) is 3.83. The van der Waals surface area contributed by atoms with Crippen LogP contribution in [-0.4, -0.2) is 22.2 Å². The number of hydrogen-bond acceptors (Lipinski definition) is 3. The van der Waals surface area contributed by atoms with Gasteiger partial charge in [-0.2, -0.15) is 18.3 Å². The van der Waals surface area contributed by atoms with Crippen molar-refractivity contribution in [3.63, 3.8) is 0 Å². The lowest BCUT2D eigenvalue weighted by molar-refractivity contribution is -0.141. The summed E-state index contributed by atoms with van der Waals surface area (Å²) in [6.07, 6.45) is -3.72. The van der Waals surface area contributed by atoms with Crippen molar-refractivity contribution < 1.29 is 18.0 Å².